The molecule has 1 amide bonds. The molecule has 0 saturated carbocycles. The van der Waals surface area contributed by atoms with Gasteiger partial charge in [-0.3, -0.25) is 4.79 Å². The molecule has 0 N–H and O–H groups in total. The van der Waals surface area contributed by atoms with Crippen LogP contribution in [0, 0.1) is 5.82 Å². The summed E-state index contributed by atoms with van der Waals surface area (Å²) in [5.74, 6) is -0.346. The maximum Gasteiger partial charge on any atom is 0.272 e. The van der Waals surface area contributed by atoms with Gasteiger partial charge >= 0.3 is 0 Å². The van der Waals surface area contributed by atoms with E-state index in [0.717, 1.165) is 26.2 Å². The van der Waals surface area contributed by atoms with Crippen LogP contribution in [-0.2, 0) is 0 Å². The fraction of sp³-hybridized carbons (Fsp3) is 0.333. The molecule has 1 saturated heterocycles. The third kappa shape index (κ3) is 2.49. The average molecular weight is 273 g/mol. The minimum atomic E-state index is -0.294. The van der Waals surface area contributed by atoms with Crippen molar-refractivity contribution in [2.75, 3.05) is 33.2 Å². The van der Waals surface area contributed by atoms with Gasteiger partial charge in [-0.2, -0.15) is 0 Å². The molecule has 4 nitrogen and oxygen atoms in total. The zero-order valence-corrected chi connectivity index (χ0v) is 11.3. The molecule has 0 aliphatic carbocycles. The van der Waals surface area contributed by atoms with Crippen molar-refractivity contribution in [3.05, 3.63) is 41.8 Å². The Morgan fingerprint density at radius 1 is 1.15 bits per heavy atom. The molecule has 3 rings (SSSR count). The molecule has 2 aromatic rings. The lowest BCUT2D eigenvalue weighted by Gasteiger charge is -2.32. The van der Waals surface area contributed by atoms with Crippen LogP contribution in [0.2, 0.25) is 0 Å². The normalized spacial score (nSPS) is 16.6. The van der Waals surface area contributed by atoms with Crippen LogP contribution in [0.15, 0.2) is 30.3 Å². The van der Waals surface area contributed by atoms with Crippen molar-refractivity contribution in [1.82, 2.24) is 14.8 Å². The number of aromatic nitrogens is 1. The van der Waals surface area contributed by atoms with Crippen molar-refractivity contribution in [3.63, 3.8) is 0 Å². The Bertz CT molecular complexity index is 651. The quantitative estimate of drug-likeness (QED) is 0.794. The van der Waals surface area contributed by atoms with Crippen LogP contribution in [0.4, 0.5) is 4.39 Å². The number of piperazine rings is 1. The van der Waals surface area contributed by atoms with E-state index < -0.39 is 0 Å². The highest BCUT2D eigenvalue weighted by molar-refractivity contribution is 5.95. The molecule has 0 spiro atoms. The number of benzene rings is 1. The van der Waals surface area contributed by atoms with Crippen LogP contribution in [0.25, 0.3) is 10.9 Å². The number of nitrogens with zero attached hydrogens (tertiary/aromatic N) is 3. The Morgan fingerprint density at radius 3 is 2.65 bits per heavy atom. The first kappa shape index (κ1) is 13.0. The number of hydrogen-bond donors (Lipinski definition) is 0. The molecule has 1 aromatic carbocycles. The molecule has 1 aliphatic heterocycles. The molecule has 1 fully saturated rings. The third-order valence-corrected chi connectivity index (χ3v) is 3.66. The fourth-order valence-corrected chi connectivity index (χ4v) is 2.39. The number of amides is 1. The highest BCUT2D eigenvalue weighted by atomic mass is 19.1. The lowest BCUT2D eigenvalue weighted by atomic mass is 10.2. The van der Waals surface area contributed by atoms with E-state index in [-0.39, 0.29) is 11.7 Å². The summed E-state index contributed by atoms with van der Waals surface area (Å²) in [4.78, 5) is 20.7. The number of halogens is 1. The van der Waals surface area contributed by atoms with E-state index in [9.17, 15) is 9.18 Å². The largest absolute Gasteiger partial charge is 0.335 e. The molecule has 104 valence electrons. The topological polar surface area (TPSA) is 36.4 Å². The van der Waals surface area contributed by atoms with Gasteiger partial charge in [-0.15, -0.1) is 0 Å². The number of carbonyl (C=O) groups is 1. The van der Waals surface area contributed by atoms with Gasteiger partial charge < -0.3 is 9.80 Å². The number of pyridine rings is 1. The molecule has 5 heteroatoms. The molecular formula is C15H16FN3O. The van der Waals surface area contributed by atoms with E-state index in [2.05, 4.69) is 9.88 Å². The van der Waals surface area contributed by atoms with E-state index in [1.165, 1.54) is 12.1 Å². The molecule has 0 bridgehead atoms. The van der Waals surface area contributed by atoms with Gasteiger partial charge in [0.05, 0.1) is 5.52 Å². The minimum Gasteiger partial charge on any atom is -0.335 e. The number of carbonyl (C=O) groups excluding carboxylic acids is 1. The highest BCUT2D eigenvalue weighted by Gasteiger charge is 2.21. The summed E-state index contributed by atoms with van der Waals surface area (Å²) in [7, 11) is 2.05. The number of fused-ring (bicyclic) bond motifs is 1. The van der Waals surface area contributed by atoms with Crippen molar-refractivity contribution in [3.8, 4) is 0 Å². The van der Waals surface area contributed by atoms with Gasteiger partial charge in [0.15, 0.2) is 0 Å². The average Bonchev–Trinajstić information content (AvgIpc) is 2.47. The third-order valence-electron chi connectivity index (χ3n) is 3.66. The predicted molar refractivity (Wildman–Crippen MR) is 75.1 cm³/mol. The first-order chi connectivity index (χ1) is 9.63. The first-order valence-electron chi connectivity index (χ1n) is 6.67. The molecule has 0 radical (unpaired) electrons. The Morgan fingerprint density at radius 2 is 1.90 bits per heavy atom. The van der Waals surface area contributed by atoms with E-state index >= 15 is 0 Å². The van der Waals surface area contributed by atoms with Crippen LogP contribution in [-0.4, -0.2) is 53.9 Å². The summed E-state index contributed by atoms with van der Waals surface area (Å²) in [5, 5.41) is 0.708. The van der Waals surface area contributed by atoms with Gasteiger partial charge in [0, 0.05) is 31.6 Å². The van der Waals surface area contributed by atoms with Gasteiger partial charge in [-0.25, -0.2) is 9.37 Å². The maximum atomic E-state index is 13.1. The Kier molecular flexibility index (Phi) is 3.36. The van der Waals surface area contributed by atoms with Gasteiger partial charge in [0.25, 0.3) is 5.91 Å². The lowest BCUT2D eigenvalue weighted by molar-refractivity contribution is 0.0658. The standard InChI is InChI=1S/C15H16FN3O/c1-18-6-8-19(9-7-18)15(20)14-4-2-11-10-12(16)3-5-13(11)17-14/h2-5,10H,6-9H2,1H3. The Labute approximate surface area is 116 Å². The minimum absolute atomic E-state index is 0.0516. The molecule has 0 unspecified atom stereocenters. The molecule has 1 aliphatic rings. The monoisotopic (exact) mass is 273 g/mol. The van der Waals surface area contributed by atoms with Gasteiger partial charge in [0.2, 0.25) is 0 Å². The highest BCUT2D eigenvalue weighted by Crippen LogP contribution is 2.15. The molecular weight excluding hydrogens is 257 g/mol. The number of rotatable bonds is 1. The van der Waals surface area contributed by atoms with Gasteiger partial charge in [-0.1, -0.05) is 6.07 Å². The van der Waals surface area contributed by atoms with Crippen molar-refractivity contribution in [2.24, 2.45) is 0 Å². The van der Waals surface area contributed by atoms with E-state index in [4.69, 9.17) is 0 Å². The summed E-state index contributed by atoms with van der Waals surface area (Å²) < 4.78 is 13.1. The van der Waals surface area contributed by atoms with Crippen LogP contribution in [0.1, 0.15) is 10.5 Å². The van der Waals surface area contributed by atoms with Crippen molar-refractivity contribution in [2.45, 2.75) is 0 Å². The predicted octanol–water partition coefficient (Wildman–Crippen LogP) is 1.76. The number of hydrogen-bond acceptors (Lipinski definition) is 3. The SMILES string of the molecule is CN1CCN(C(=O)c2ccc3cc(F)ccc3n2)CC1. The van der Waals surface area contributed by atoms with Gasteiger partial charge in [0.1, 0.15) is 11.5 Å². The molecule has 1 aromatic heterocycles. The first-order valence-corrected chi connectivity index (χ1v) is 6.67. The Balaban J connectivity index is 1.86. The van der Waals surface area contributed by atoms with Crippen molar-refractivity contribution in [1.29, 1.82) is 0 Å². The second kappa shape index (κ2) is 5.17. The van der Waals surface area contributed by atoms with Gasteiger partial charge in [-0.05, 0) is 31.3 Å². The summed E-state index contributed by atoms with van der Waals surface area (Å²) in [6.07, 6.45) is 0. The summed E-state index contributed by atoms with van der Waals surface area (Å²) in [5.41, 5.74) is 1.07. The van der Waals surface area contributed by atoms with Crippen molar-refractivity contribution < 1.29 is 9.18 Å². The zero-order chi connectivity index (χ0) is 14.1. The smallest absolute Gasteiger partial charge is 0.272 e. The molecule has 20 heavy (non-hydrogen) atoms. The van der Waals surface area contributed by atoms with Crippen LogP contribution >= 0.6 is 0 Å². The zero-order valence-electron chi connectivity index (χ0n) is 11.3. The second-order valence-electron chi connectivity index (χ2n) is 5.13. The van der Waals surface area contributed by atoms with E-state index in [1.807, 2.05) is 11.9 Å². The van der Waals surface area contributed by atoms with Crippen molar-refractivity contribution >= 4 is 16.8 Å². The van der Waals surface area contributed by atoms with Crippen LogP contribution < -0.4 is 0 Å². The molecule has 0 atom stereocenters. The van der Waals surface area contributed by atoms with Crippen LogP contribution in [0.5, 0.6) is 0 Å². The summed E-state index contributed by atoms with van der Waals surface area (Å²) in [6.45, 7) is 3.20. The number of likely N-dealkylation sites (N-methyl/N-ethyl adjacent to an activating group) is 1. The summed E-state index contributed by atoms with van der Waals surface area (Å²) in [6, 6.07) is 7.80. The Hall–Kier alpha value is -2.01. The maximum absolute atomic E-state index is 13.1. The fourth-order valence-electron chi connectivity index (χ4n) is 2.39. The second-order valence-corrected chi connectivity index (χ2v) is 5.13. The molecule has 2 heterocycles. The van der Waals surface area contributed by atoms with E-state index in [1.54, 1.807) is 18.2 Å². The van der Waals surface area contributed by atoms with Crippen LogP contribution in [0.3, 0.4) is 0 Å². The lowest BCUT2D eigenvalue weighted by Crippen LogP contribution is -2.47. The summed E-state index contributed by atoms with van der Waals surface area (Å²) >= 11 is 0. The van der Waals surface area contributed by atoms with E-state index in [0.29, 0.717) is 16.6 Å².